The summed E-state index contributed by atoms with van der Waals surface area (Å²) >= 11 is 1.24. The lowest BCUT2D eigenvalue weighted by atomic mass is 10.1. The molecule has 0 aliphatic carbocycles. The Morgan fingerprint density at radius 3 is 3.05 bits per heavy atom. The van der Waals surface area contributed by atoms with Crippen molar-refractivity contribution in [2.24, 2.45) is 5.92 Å². The molecule has 1 aliphatic rings. The predicted octanol–water partition coefficient (Wildman–Crippen LogP) is 0.323. The molecule has 7 nitrogen and oxygen atoms in total. The summed E-state index contributed by atoms with van der Waals surface area (Å²) in [5, 5.41) is 7.38. The molecule has 1 saturated heterocycles. The molecule has 0 radical (unpaired) electrons. The molecule has 2 amide bonds. The van der Waals surface area contributed by atoms with Gasteiger partial charge in [-0.15, -0.1) is 11.3 Å². The number of nitrogens with one attached hydrogen (secondary N) is 2. The second-order valence-electron chi connectivity index (χ2n) is 4.32. The van der Waals surface area contributed by atoms with E-state index in [4.69, 9.17) is 4.74 Å². The van der Waals surface area contributed by atoms with Crippen molar-refractivity contribution in [1.82, 2.24) is 10.3 Å². The fourth-order valence-corrected chi connectivity index (χ4v) is 2.52. The van der Waals surface area contributed by atoms with Crippen LogP contribution in [0.25, 0.3) is 0 Å². The van der Waals surface area contributed by atoms with Crippen LogP contribution >= 0.6 is 11.3 Å². The number of aromatic nitrogens is 1. The maximum atomic E-state index is 11.9. The predicted molar refractivity (Wildman–Crippen MR) is 72.2 cm³/mol. The maximum Gasteiger partial charge on any atom is 0.311 e. The van der Waals surface area contributed by atoms with Crippen LogP contribution in [0.1, 0.15) is 19.0 Å². The van der Waals surface area contributed by atoms with E-state index in [0.717, 1.165) is 0 Å². The van der Waals surface area contributed by atoms with Gasteiger partial charge in [0.15, 0.2) is 5.13 Å². The highest BCUT2D eigenvalue weighted by Crippen LogP contribution is 2.18. The van der Waals surface area contributed by atoms with Crippen LogP contribution in [-0.4, -0.2) is 35.9 Å². The van der Waals surface area contributed by atoms with Gasteiger partial charge in [0.25, 0.3) is 0 Å². The van der Waals surface area contributed by atoms with Gasteiger partial charge in [-0.2, -0.15) is 0 Å². The zero-order valence-electron chi connectivity index (χ0n) is 11.0. The molecule has 1 aliphatic heterocycles. The number of thiazole rings is 1. The van der Waals surface area contributed by atoms with Gasteiger partial charge < -0.3 is 15.4 Å². The smallest absolute Gasteiger partial charge is 0.311 e. The quantitative estimate of drug-likeness (QED) is 0.763. The van der Waals surface area contributed by atoms with Gasteiger partial charge in [-0.25, -0.2) is 4.98 Å². The third-order valence-corrected chi connectivity index (χ3v) is 3.57. The Balaban J connectivity index is 1.87. The van der Waals surface area contributed by atoms with Crippen molar-refractivity contribution >= 4 is 34.3 Å². The Morgan fingerprint density at radius 1 is 1.60 bits per heavy atom. The first-order chi connectivity index (χ1) is 9.58. The van der Waals surface area contributed by atoms with Crippen LogP contribution in [0.5, 0.6) is 0 Å². The average Bonchev–Trinajstić information content (AvgIpc) is 2.99. The van der Waals surface area contributed by atoms with Crippen molar-refractivity contribution in [1.29, 1.82) is 0 Å². The van der Waals surface area contributed by atoms with Gasteiger partial charge in [-0.05, 0) is 6.92 Å². The minimum absolute atomic E-state index is 0.0870. The Hall–Kier alpha value is -1.96. The average molecular weight is 297 g/mol. The number of nitrogens with zero attached hydrogens (tertiary/aromatic N) is 1. The van der Waals surface area contributed by atoms with E-state index >= 15 is 0 Å². The van der Waals surface area contributed by atoms with Crippen LogP contribution in [0.3, 0.4) is 0 Å². The van der Waals surface area contributed by atoms with Gasteiger partial charge in [-0.3, -0.25) is 14.4 Å². The number of rotatable bonds is 5. The lowest BCUT2D eigenvalue weighted by molar-refractivity contribution is -0.142. The fraction of sp³-hybridized carbons (Fsp3) is 0.500. The Kier molecular flexibility index (Phi) is 4.67. The molecular weight excluding hydrogens is 282 g/mol. The van der Waals surface area contributed by atoms with Crippen LogP contribution in [-0.2, 0) is 25.5 Å². The lowest BCUT2D eigenvalue weighted by Crippen LogP contribution is -2.24. The molecule has 108 valence electrons. The standard InChI is InChI=1S/C12H15N3O4S/c1-2-19-10(17)4-8-6-20-12(14-8)15-11(18)7-3-9(16)13-5-7/h6-7H,2-5H2,1H3,(H,13,16)(H,14,15,18). The summed E-state index contributed by atoms with van der Waals surface area (Å²) in [5.74, 6) is -1.06. The van der Waals surface area contributed by atoms with Gasteiger partial charge in [0, 0.05) is 18.3 Å². The summed E-state index contributed by atoms with van der Waals surface area (Å²) in [6.45, 7) is 2.42. The number of anilines is 1. The number of hydrogen-bond acceptors (Lipinski definition) is 6. The molecule has 1 aromatic rings. The summed E-state index contributed by atoms with van der Waals surface area (Å²) in [7, 11) is 0. The van der Waals surface area contributed by atoms with Crippen molar-refractivity contribution in [3.63, 3.8) is 0 Å². The molecule has 0 saturated carbocycles. The van der Waals surface area contributed by atoms with Crippen molar-refractivity contribution in [3.8, 4) is 0 Å². The number of amides is 2. The van der Waals surface area contributed by atoms with Crippen LogP contribution in [0.4, 0.5) is 5.13 Å². The summed E-state index contributed by atoms with van der Waals surface area (Å²) in [6, 6.07) is 0. The molecule has 1 aromatic heterocycles. The molecule has 0 aromatic carbocycles. The molecule has 1 fully saturated rings. The number of hydrogen-bond donors (Lipinski definition) is 2. The van der Waals surface area contributed by atoms with E-state index in [-0.39, 0.29) is 36.5 Å². The first kappa shape index (κ1) is 14.4. The molecule has 2 heterocycles. The van der Waals surface area contributed by atoms with E-state index < -0.39 is 0 Å². The first-order valence-corrected chi connectivity index (χ1v) is 7.14. The van der Waals surface area contributed by atoms with Gasteiger partial charge in [-0.1, -0.05) is 0 Å². The lowest BCUT2D eigenvalue weighted by Gasteiger charge is -2.05. The molecule has 2 N–H and O–H groups in total. The molecule has 2 rings (SSSR count). The SMILES string of the molecule is CCOC(=O)Cc1csc(NC(=O)C2CNC(=O)C2)n1. The number of carbonyl (C=O) groups is 3. The van der Waals surface area contributed by atoms with Crippen molar-refractivity contribution < 1.29 is 19.1 Å². The Labute approximate surface area is 119 Å². The third-order valence-electron chi connectivity index (χ3n) is 2.76. The van der Waals surface area contributed by atoms with E-state index in [1.54, 1.807) is 12.3 Å². The maximum absolute atomic E-state index is 11.9. The minimum Gasteiger partial charge on any atom is -0.466 e. The minimum atomic E-state index is -0.361. The van der Waals surface area contributed by atoms with Crippen LogP contribution in [0.15, 0.2) is 5.38 Å². The van der Waals surface area contributed by atoms with Crippen LogP contribution in [0, 0.1) is 5.92 Å². The van der Waals surface area contributed by atoms with Crippen molar-refractivity contribution in [3.05, 3.63) is 11.1 Å². The van der Waals surface area contributed by atoms with Gasteiger partial charge in [0.1, 0.15) is 0 Å². The second kappa shape index (κ2) is 6.47. The largest absolute Gasteiger partial charge is 0.466 e. The van der Waals surface area contributed by atoms with Crippen LogP contribution in [0.2, 0.25) is 0 Å². The van der Waals surface area contributed by atoms with E-state index in [1.165, 1.54) is 11.3 Å². The normalized spacial score (nSPS) is 17.6. The van der Waals surface area contributed by atoms with E-state index in [1.807, 2.05) is 0 Å². The highest BCUT2D eigenvalue weighted by molar-refractivity contribution is 7.13. The number of esters is 1. The third kappa shape index (κ3) is 3.77. The fourth-order valence-electron chi connectivity index (χ4n) is 1.80. The van der Waals surface area contributed by atoms with Gasteiger partial charge in [0.05, 0.1) is 24.6 Å². The molecule has 20 heavy (non-hydrogen) atoms. The monoisotopic (exact) mass is 297 g/mol. The molecule has 0 bridgehead atoms. The molecule has 0 spiro atoms. The number of ether oxygens (including phenoxy) is 1. The highest BCUT2D eigenvalue weighted by atomic mass is 32.1. The molecule has 1 atom stereocenters. The Bertz CT molecular complexity index is 529. The van der Waals surface area contributed by atoms with Crippen LogP contribution < -0.4 is 10.6 Å². The summed E-state index contributed by atoms with van der Waals surface area (Å²) in [5.41, 5.74) is 0.560. The summed E-state index contributed by atoms with van der Waals surface area (Å²) in [6.07, 6.45) is 0.288. The zero-order valence-corrected chi connectivity index (χ0v) is 11.8. The highest BCUT2D eigenvalue weighted by Gasteiger charge is 2.28. The zero-order chi connectivity index (χ0) is 14.5. The Morgan fingerprint density at radius 2 is 2.40 bits per heavy atom. The first-order valence-electron chi connectivity index (χ1n) is 6.26. The van der Waals surface area contributed by atoms with Crippen molar-refractivity contribution in [2.45, 2.75) is 19.8 Å². The van der Waals surface area contributed by atoms with Crippen molar-refractivity contribution in [2.75, 3.05) is 18.5 Å². The van der Waals surface area contributed by atoms with Gasteiger partial charge in [0.2, 0.25) is 11.8 Å². The molecule has 1 unspecified atom stereocenters. The topological polar surface area (TPSA) is 97.4 Å². The summed E-state index contributed by atoms with van der Waals surface area (Å²) in [4.78, 5) is 38.3. The second-order valence-corrected chi connectivity index (χ2v) is 5.18. The van der Waals surface area contributed by atoms with Gasteiger partial charge >= 0.3 is 5.97 Å². The number of carbonyl (C=O) groups excluding carboxylic acids is 3. The molecule has 8 heteroatoms. The van der Waals surface area contributed by atoms with E-state index in [9.17, 15) is 14.4 Å². The van der Waals surface area contributed by atoms with E-state index in [0.29, 0.717) is 24.0 Å². The molecular formula is C12H15N3O4S. The summed E-state index contributed by atoms with van der Waals surface area (Å²) < 4.78 is 4.82. The van der Waals surface area contributed by atoms with E-state index in [2.05, 4.69) is 15.6 Å².